The highest BCUT2D eigenvalue weighted by molar-refractivity contribution is 7.11. The van der Waals surface area contributed by atoms with Gasteiger partial charge in [-0.1, -0.05) is 12.1 Å². The summed E-state index contributed by atoms with van der Waals surface area (Å²) in [4.78, 5) is 16.7. The normalized spacial score (nSPS) is 11.3. The summed E-state index contributed by atoms with van der Waals surface area (Å²) in [7, 11) is 0. The molecule has 0 aliphatic heterocycles. The minimum absolute atomic E-state index is 0.329. The van der Waals surface area contributed by atoms with Crippen molar-refractivity contribution in [2.45, 2.75) is 6.92 Å². The van der Waals surface area contributed by atoms with Crippen LogP contribution in [0.3, 0.4) is 0 Å². The van der Waals surface area contributed by atoms with E-state index in [1.165, 1.54) is 6.08 Å². The fourth-order valence-electron chi connectivity index (χ4n) is 1.55. The van der Waals surface area contributed by atoms with Crippen molar-refractivity contribution in [2.75, 3.05) is 6.61 Å². The number of ether oxygens (including phenoxy) is 1. The van der Waals surface area contributed by atoms with E-state index in [2.05, 4.69) is 4.98 Å². The van der Waals surface area contributed by atoms with Gasteiger partial charge in [-0.15, -0.1) is 11.3 Å². The molecule has 0 bridgehead atoms. The molecule has 0 saturated heterocycles. The van der Waals surface area contributed by atoms with Gasteiger partial charge in [0.2, 0.25) is 0 Å². The predicted molar refractivity (Wildman–Crippen MR) is 72.3 cm³/mol. The van der Waals surface area contributed by atoms with Crippen molar-refractivity contribution in [2.24, 2.45) is 0 Å². The first-order valence-electron chi connectivity index (χ1n) is 5.64. The Kier molecular flexibility index (Phi) is 4.25. The van der Waals surface area contributed by atoms with Crippen LogP contribution in [0.5, 0.6) is 0 Å². The van der Waals surface area contributed by atoms with Gasteiger partial charge in [-0.25, -0.2) is 4.79 Å². The summed E-state index contributed by atoms with van der Waals surface area (Å²) in [5.41, 5.74) is 1.75. The number of hydrogen-bond donors (Lipinski definition) is 0. The van der Waals surface area contributed by atoms with Crippen LogP contribution >= 0.6 is 11.3 Å². The monoisotopic (exact) mass is 259 g/mol. The number of esters is 1. The topological polar surface area (TPSA) is 39.2 Å². The molecule has 2 aromatic heterocycles. The summed E-state index contributed by atoms with van der Waals surface area (Å²) in [5.74, 6) is -0.329. The molecule has 92 valence electrons. The lowest BCUT2D eigenvalue weighted by Crippen LogP contribution is -2.01. The summed E-state index contributed by atoms with van der Waals surface area (Å²) >= 11 is 1.58. The zero-order chi connectivity index (χ0) is 12.8. The third-order valence-electron chi connectivity index (χ3n) is 2.31. The molecule has 3 nitrogen and oxygen atoms in total. The Balaban J connectivity index is 2.39. The van der Waals surface area contributed by atoms with E-state index in [1.807, 2.05) is 29.6 Å². The Bertz CT molecular complexity index is 532. The highest BCUT2D eigenvalue weighted by Gasteiger charge is 2.09. The first kappa shape index (κ1) is 12.5. The molecular weight excluding hydrogens is 246 g/mol. The minimum atomic E-state index is -0.329. The second-order valence-electron chi connectivity index (χ2n) is 3.53. The molecule has 0 aliphatic carbocycles. The van der Waals surface area contributed by atoms with Gasteiger partial charge >= 0.3 is 5.97 Å². The van der Waals surface area contributed by atoms with Gasteiger partial charge in [0.1, 0.15) is 0 Å². The van der Waals surface area contributed by atoms with E-state index in [-0.39, 0.29) is 5.97 Å². The minimum Gasteiger partial charge on any atom is -0.463 e. The summed E-state index contributed by atoms with van der Waals surface area (Å²) in [6, 6.07) is 7.71. The van der Waals surface area contributed by atoms with Gasteiger partial charge < -0.3 is 4.74 Å². The third kappa shape index (κ3) is 3.05. The largest absolute Gasteiger partial charge is 0.463 e. The molecule has 2 heterocycles. The van der Waals surface area contributed by atoms with Crippen molar-refractivity contribution in [1.82, 2.24) is 4.98 Å². The summed E-state index contributed by atoms with van der Waals surface area (Å²) in [6.45, 7) is 2.17. The second kappa shape index (κ2) is 6.12. The maximum atomic E-state index is 11.6. The molecule has 2 rings (SSSR count). The van der Waals surface area contributed by atoms with Crippen molar-refractivity contribution < 1.29 is 9.53 Å². The lowest BCUT2D eigenvalue weighted by Gasteiger charge is -2.05. The van der Waals surface area contributed by atoms with Crippen LogP contribution < -0.4 is 0 Å². The van der Waals surface area contributed by atoms with E-state index in [0.717, 1.165) is 16.0 Å². The Morgan fingerprint density at radius 3 is 2.94 bits per heavy atom. The molecule has 0 N–H and O–H groups in total. The second-order valence-corrected chi connectivity index (χ2v) is 4.48. The van der Waals surface area contributed by atoms with Gasteiger partial charge in [0.15, 0.2) is 0 Å². The van der Waals surface area contributed by atoms with Crippen molar-refractivity contribution >= 4 is 22.9 Å². The number of aromatic nitrogens is 1. The van der Waals surface area contributed by atoms with Crippen LogP contribution in [0.25, 0.3) is 5.57 Å². The molecule has 0 amide bonds. The average molecular weight is 259 g/mol. The molecule has 0 fully saturated rings. The molecule has 0 saturated carbocycles. The van der Waals surface area contributed by atoms with E-state index in [0.29, 0.717) is 6.61 Å². The van der Waals surface area contributed by atoms with Crippen LogP contribution in [0.4, 0.5) is 0 Å². The molecule has 0 atom stereocenters. The van der Waals surface area contributed by atoms with E-state index < -0.39 is 0 Å². The fourth-order valence-corrected chi connectivity index (χ4v) is 2.32. The van der Waals surface area contributed by atoms with Gasteiger partial charge in [-0.05, 0) is 24.4 Å². The molecule has 2 aromatic rings. The standard InChI is InChI=1S/C14H13NO2S/c1-2-17-14(16)9-12(13-6-4-8-18-13)11-5-3-7-15-10-11/h3-10H,2H2,1H3. The van der Waals surface area contributed by atoms with Crippen LogP contribution in [0.15, 0.2) is 48.1 Å². The molecule has 18 heavy (non-hydrogen) atoms. The first-order valence-corrected chi connectivity index (χ1v) is 6.52. The molecule has 0 spiro atoms. The first-order chi connectivity index (χ1) is 8.81. The van der Waals surface area contributed by atoms with Crippen LogP contribution in [0.1, 0.15) is 17.4 Å². The fraction of sp³-hybridized carbons (Fsp3) is 0.143. The summed E-state index contributed by atoms with van der Waals surface area (Å²) < 4.78 is 4.96. The van der Waals surface area contributed by atoms with Crippen LogP contribution in [-0.4, -0.2) is 17.6 Å². The van der Waals surface area contributed by atoms with Crippen molar-refractivity contribution in [3.05, 3.63) is 58.6 Å². The number of rotatable bonds is 4. The summed E-state index contributed by atoms with van der Waals surface area (Å²) in [6.07, 6.45) is 4.97. The quantitative estimate of drug-likeness (QED) is 0.625. The third-order valence-corrected chi connectivity index (χ3v) is 3.21. The zero-order valence-electron chi connectivity index (χ0n) is 10.00. The molecule has 0 unspecified atom stereocenters. The molecule has 4 heteroatoms. The summed E-state index contributed by atoms with van der Waals surface area (Å²) in [5, 5.41) is 1.98. The van der Waals surface area contributed by atoms with Gasteiger partial charge in [0.05, 0.1) is 6.61 Å². The van der Waals surface area contributed by atoms with Crippen LogP contribution in [0.2, 0.25) is 0 Å². The molecule has 0 radical (unpaired) electrons. The van der Waals surface area contributed by atoms with Crippen molar-refractivity contribution in [1.29, 1.82) is 0 Å². The lowest BCUT2D eigenvalue weighted by atomic mass is 10.1. The van der Waals surface area contributed by atoms with Crippen molar-refractivity contribution in [3.63, 3.8) is 0 Å². The predicted octanol–water partition coefficient (Wildman–Crippen LogP) is 3.14. The number of nitrogens with zero attached hydrogens (tertiary/aromatic N) is 1. The number of carbonyl (C=O) groups is 1. The highest BCUT2D eigenvalue weighted by Crippen LogP contribution is 2.26. The van der Waals surface area contributed by atoms with Gasteiger partial charge in [-0.2, -0.15) is 0 Å². The Morgan fingerprint density at radius 1 is 1.44 bits per heavy atom. The number of hydrogen-bond acceptors (Lipinski definition) is 4. The number of thiophene rings is 1. The van der Waals surface area contributed by atoms with E-state index in [9.17, 15) is 4.79 Å². The Labute approximate surface area is 110 Å². The van der Waals surface area contributed by atoms with E-state index in [4.69, 9.17) is 4.74 Å². The van der Waals surface area contributed by atoms with Gasteiger partial charge in [0, 0.05) is 34.5 Å². The Morgan fingerprint density at radius 2 is 2.33 bits per heavy atom. The van der Waals surface area contributed by atoms with Gasteiger partial charge in [0.25, 0.3) is 0 Å². The SMILES string of the molecule is CCOC(=O)C=C(c1cccnc1)c1cccs1. The maximum absolute atomic E-state index is 11.6. The van der Waals surface area contributed by atoms with Crippen LogP contribution in [0, 0.1) is 0 Å². The molecule has 0 aromatic carbocycles. The van der Waals surface area contributed by atoms with E-state index in [1.54, 1.807) is 30.7 Å². The highest BCUT2D eigenvalue weighted by atomic mass is 32.1. The number of pyridine rings is 1. The lowest BCUT2D eigenvalue weighted by molar-refractivity contribution is -0.137. The average Bonchev–Trinajstić information content (AvgIpc) is 2.91. The van der Waals surface area contributed by atoms with Gasteiger partial charge in [-0.3, -0.25) is 4.98 Å². The maximum Gasteiger partial charge on any atom is 0.331 e. The van der Waals surface area contributed by atoms with Crippen LogP contribution in [-0.2, 0) is 9.53 Å². The van der Waals surface area contributed by atoms with Crippen molar-refractivity contribution in [3.8, 4) is 0 Å². The zero-order valence-corrected chi connectivity index (χ0v) is 10.8. The Hall–Kier alpha value is -1.94. The van der Waals surface area contributed by atoms with E-state index >= 15 is 0 Å². The smallest absolute Gasteiger partial charge is 0.331 e. The number of carbonyl (C=O) groups excluding carboxylic acids is 1. The molecular formula is C14H13NO2S. The molecule has 0 aliphatic rings.